The Hall–Kier alpha value is -3.62. The second-order valence-electron chi connectivity index (χ2n) is 7.34. The van der Waals surface area contributed by atoms with Gasteiger partial charge in [0.25, 0.3) is 0 Å². The number of hydrogen-bond acceptors (Lipinski definition) is 6. The van der Waals surface area contributed by atoms with Gasteiger partial charge < -0.3 is 0 Å². The van der Waals surface area contributed by atoms with Crippen LogP contribution < -0.4 is 5.32 Å². The van der Waals surface area contributed by atoms with Crippen LogP contribution in [-0.2, 0) is 20.4 Å². The number of aryl methyl sites for hydroxylation is 1. The van der Waals surface area contributed by atoms with Gasteiger partial charge in [-0.25, -0.2) is 8.42 Å². The molecule has 4 aromatic rings. The van der Waals surface area contributed by atoms with Gasteiger partial charge in [0, 0.05) is 6.08 Å². The topological polar surface area (TPSA) is 89.0 Å². The SMILES string of the molecule is Cc1nnc(NC(=O)/C=C/c2ccc(S(=O)(=O)Cc3ccc(-c4ccccc4)cc3)cc2)s1. The lowest BCUT2D eigenvalue weighted by molar-refractivity contribution is -0.111. The number of anilines is 1. The van der Waals surface area contributed by atoms with Crippen LogP contribution in [0.25, 0.3) is 17.2 Å². The minimum absolute atomic E-state index is 0.0824. The second kappa shape index (κ2) is 9.89. The van der Waals surface area contributed by atoms with Crippen LogP contribution in [0.2, 0.25) is 0 Å². The lowest BCUT2D eigenvalue weighted by Crippen LogP contribution is -2.07. The molecule has 6 nitrogen and oxygen atoms in total. The summed E-state index contributed by atoms with van der Waals surface area (Å²) in [6.45, 7) is 1.80. The molecule has 166 valence electrons. The fraction of sp³-hybridized carbons (Fsp3) is 0.0800. The molecule has 33 heavy (non-hydrogen) atoms. The van der Waals surface area contributed by atoms with E-state index in [0.717, 1.165) is 21.7 Å². The molecule has 0 spiro atoms. The van der Waals surface area contributed by atoms with Gasteiger partial charge in [-0.15, -0.1) is 10.2 Å². The number of carbonyl (C=O) groups excluding carboxylic acids is 1. The zero-order valence-electron chi connectivity index (χ0n) is 17.8. The van der Waals surface area contributed by atoms with Crippen molar-refractivity contribution in [2.75, 3.05) is 5.32 Å². The van der Waals surface area contributed by atoms with Crippen LogP contribution in [0.5, 0.6) is 0 Å². The molecule has 0 atom stereocenters. The molecule has 4 rings (SSSR count). The Morgan fingerprint density at radius 2 is 1.58 bits per heavy atom. The molecule has 1 N–H and O–H groups in total. The van der Waals surface area contributed by atoms with Crippen LogP contribution in [0.3, 0.4) is 0 Å². The predicted octanol–water partition coefficient (Wildman–Crippen LogP) is 5.14. The number of amides is 1. The second-order valence-corrected chi connectivity index (χ2v) is 10.5. The van der Waals surface area contributed by atoms with E-state index in [1.165, 1.54) is 17.4 Å². The van der Waals surface area contributed by atoms with E-state index in [2.05, 4.69) is 15.5 Å². The van der Waals surface area contributed by atoms with E-state index in [1.807, 2.05) is 54.6 Å². The first-order valence-corrected chi connectivity index (χ1v) is 12.6. The van der Waals surface area contributed by atoms with Crippen molar-refractivity contribution < 1.29 is 13.2 Å². The smallest absolute Gasteiger partial charge is 0.250 e. The molecule has 0 saturated heterocycles. The summed E-state index contributed by atoms with van der Waals surface area (Å²) < 4.78 is 25.7. The Morgan fingerprint density at radius 1 is 0.909 bits per heavy atom. The molecule has 0 radical (unpaired) electrons. The number of aromatic nitrogens is 2. The van der Waals surface area contributed by atoms with E-state index in [0.29, 0.717) is 10.7 Å². The molecule has 8 heteroatoms. The first-order chi connectivity index (χ1) is 15.9. The highest BCUT2D eigenvalue weighted by Gasteiger charge is 2.15. The van der Waals surface area contributed by atoms with Crippen LogP contribution in [-0.4, -0.2) is 24.5 Å². The van der Waals surface area contributed by atoms with Crippen LogP contribution in [0, 0.1) is 6.92 Å². The quantitative estimate of drug-likeness (QED) is 0.374. The monoisotopic (exact) mass is 475 g/mol. The van der Waals surface area contributed by atoms with E-state index in [9.17, 15) is 13.2 Å². The number of nitrogens with one attached hydrogen (secondary N) is 1. The zero-order valence-corrected chi connectivity index (χ0v) is 19.4. The Morgan fingerprint density at radius 3 is 2.21 bits per heavy atom. The number of rotatable bonds is 7. The fourth-order valence-electron chi connectivity index (χ4n) is 3.18. The Kier molecular flexibility index (Phi) is 6.76. The number of benzene rings is 3. The number of sulfone groups is 1. The van der Waals surface area contributed by atoms with Crippen LogP contribution in [0.4, 0.5) is 5.13 Å². The zero-order chi connectivity index (χ0) is 23.3. The Balaban J connectivity index is 1.39. The highest BCUT2D eigenvalue weighted by atomic mass is 32.2. The maximum Gasteiger partial charge on any atom is 0.250 e. The van der Waals surface area contributed by atoms with Crippen molar-refractivity contribution in [3.63, 3.8) is 0 Å². The van der Waals surface area contributed by atoms with Gasteiger partial charge in [0.2, 0.25) is 11.0 Å². The van der Waals surface area contributed by atoms with Crippen molar-refractivity contribution in [1.29, 1.82) is 0 Å². The maximum atomic E-state index is 12.8. The summed E-state index contributed by atoms with van der Waals surface area (Å²) in [7, 11) is -3.49. The van der Waals surface area contributed by atoms with E-state index >= 15 is 0 Å². The normalized spacial score (nSPS) is 11.5. The van der Waals surface area contributed by atoms with Crippen molar-refractivity contribution in [2.24, 2.45) is 0 Å². The van der Waals surface area contributed by atoms with Crippen LogP contribution in [0.1, 0.15) is 16.1 Å². The van der Waals surface area contributed by atoms with E-state index in [1.54, 1.807) is 37.3 Å². The molecule has 0 aliphatic heterocycles. The molecule has 0 bridgehead atoms. The third-order valence-electron chi connectivity index (χ3n) is 4.84. The van der Waals surface area contributed by atoms with Crippen molar-refractivity contribution in [3.8, 4) is 11.1 Å². The first kappa shape index (κ1) is 22.6. The van der Waals surface area contributed by atoms with E-state index in [4.69, 9.17) is 0 Å². The minimum Gasteiger partial charge on any atom is -0.297 e. The summed E-state index contributed by atoms with van der Waals surface area (Å²) in [4.78, 5) is 12.2. The highest BCUT2D eigenvalue weighted by molar-refractivity contribution is 7.90. The fourth-order valence-corrected chi connectivity index (χ4v) is 5.12. The molecule has 3 aromatic carbocycles. The summed E-state index contributed by atoms with van der Waals surface area (Å²) >= 11 is 1.29. The average molecular weight is 476 g/mol. The molecule has 0 aliphatic rings. The molecule has 0 aliphatic carbocycles. The van der Waals surface area contributed by atoms with Crippen molar-refractivity contribution in [2.45, 2.75) is 17.6 Å². The molecular formula is C25H21N3O3S2. The summed E-state index contributed by atoms with van der Waals surface area (Å²) in [5.41, 5.74) is 3.56. The number of carbonyl (C=O) groups is 1. The van der Waals surface area contributed by atoms with E-state index < -0.39 is 9.84 Å². The largest absolute Gasteiger partial charge is 0.297 e. The van der Waals surface area contributed by atoms with Gasteiger partial charge >= 0.3 is 0 Å². The average Bonchev–Trinajstić information content (AvgIpc) is 3.23. The standard InChI is InChI=1S/C25H21N3O3S2/c1-18-27-28-25(32-18)26-24(29)16-11-19-9-14-23(15-10-19)33(30,31)17-20-7-12-22(13-8-20)21-5-3-2-4-6-21/h2-16H,17H2,1H3,(H,26,28,29)/b16-11+. The molecule has 1 aromatic heterocycles. The summed E-state index contributed by atoms with van der Waals surface area (Å²) in [5.74, 6) is -0.414. The third-order valence-corrected chi connectivity index (χ3v) is 7.30. The van der Waals surface area contributed by atoms with Gasteiger partial charge in [0.15, 0.2) is 9.84 Å². The van der Waals surface area contributed by atoms with Gasteiger partial charge in [-0.2, -0.15) is 0 Å². The maximum absolute atomic E-state index is 12.8. The van der Waals surface area contributed by atoms with Gasteiger partial charge in [-0.05, 0) is 47.4 Å². The van der Waals surface area contributed by atoms with Crippen molar-refractivity contribution in [3.05, 3.63) is 101 Å². The highest BCUT2D eigenvalue weighted by Crippen LogP contribution is 2.22. The van der Waals surface area contributed by atoms with Gasteiger partial charge in [-0.1, -0.05) is 78.1 Å². The number of hydrogen-bond donors (Lipinski definition) is 1. The van der Waals surface area contributed by atoms with Crippen LogP contribution in [0.15, 0.2) is 89.8 Å². The van der Waals surface area contributed by atoms with Crippen molar-refractivity contribution in [1.82, 2.24) is 10.2 Å². The molecule has 0 saturated carbocycles. The van der Waals surface area contributed by atoms with Crippen molar-refractivity contribution >= 4 is 38.3 Å². The predicted molar refractivity (Wildman–Crippen MR) is 132 cm³/mol. The molecule has 0 unspecified atom stereocenters. The third kappa shape index (κ3) is 6.00. The molecule has 1 heterocycles. The van der Waals surface area contributed by atoms with Crippen LogP contribution >= 0.6 is 11.3 Å². The molecular weight excluding hydrogens is 454 g/mol. The van der Waals surface area contributed by atoms with Gasteiger partial charge in [-0.3, -0.25) is 10.1 Å². The molecule has 0 fully saturated rings. The first-order valence-electron chi connectivity index (χ1n) is 10.2. The van der Waals surface area contributed by atoms with Gasteiger partial charge in [0.1, 0.15) is 5.01 Å². The Bertz CT molecular complexity index is 1380. The van der Waals surface area contributed by atoms with Gasteiger partial charge in [0.05, 0.1) is 10.6 Å². The summed E-state index contributed by atoms with van der Waals surface area (Å²) in [6.07, 6.45) is 2.98. The van der Waals surface area contributed by atoms with E-state index in [-0.39, 0.29) is 16.6 Å². The summed E-state index contributed by atoms with van der Waals surface area (Å²) in [5, 5.41) is 11.5. The lowest BCUT2D eigenvalue weighted by atomic mass is 10.0. The lowest BCUT2D eigenvalue weighted by Gasteiger charge is -2.07. The minimum atomic E-state index is -3.49. The molecule has 1 amide bonds. The summed E-state index contributed by atoms with van der Waals surface area (Å²) in [6, 6.07) is 23.9. The number of nitrogens with zero attached hydrogens (tertiary/aromatic N) is 2. The Labute approximate surface area is 196 Å².